The zero-order valence-corrected chi connectivity index (χ0v) is 12.5. The summed E-state index contributed by atoms with van der Waals surface area (Å²) in [6.45, 7) is 7.79. The van der Waals surface area contributed by atoms with Gasteiger partial charge in [0.2, 0.25) is 0 Å². The molecule has 2 unspecified atom stereocenters. The van der Waals surface area contributed by atoms with Gasteiger partial charge in [0.15, 0.2) is 0 Å². The summed E-state index contributed by atoms with van der Waals surface area (Å²) in [4.78, 5) is 0. The lowest BCUT2D eigenvalue weighted by Gasteiger charge is -2.14. The van der Waals surface area contributed by atoms with E-state index in [0.29, 0.717) is 6.10 Å². The molecule has 18 heavy (non-hydrogen) atoms. The lowest BCUT2D eigenvalue weighted by Crippen LogP contribution is -2.27. The highest BCUT2D eigenvalue weighted by atomic mass is 16.5. The highest BCUT2D eigenvalue weighted by Crippen LogP contribution is 2.19. The van der Waals surface area contributed by atoms with Crippen LogP contribution in [0.25, 0.3) is 0 Å². The fraction of sp³-hybridized carbons (Fsp3) is 1.00. The van der Waals surface area contributed by atoms with Crippen LogP contribution >= 0.6 is 0 Å². The van der Waals surface area contributed by atoms with E-state index in [1.54, 1.807) is 0 Å². The molecule has 1 rings (SSSR count). The van der Waals surface area contributed by atoms with Crippen molar-refractivity contribution in [2.75, 3.05) is 19.7 Å². The Kier molecular flexibility index (Phi) is 9.59. The van der Waals surface area contributed by atoms with Crippen LogP contribution in [0, 0.1) is 5.92 Å². The Bertz CT molecular complexity index is 184. The Morgan fingerprint density at radius 2 is 1.67 bits per heavy atom. The van der Waals surface area contributed by atoms with E-state index in [0.717, 1.165) is 19.1 Å². The molecule has 1 N–H and O–H groups in total. The molecule has 1 aliphatic heterocycles. The average Bonchev–Trinajstić information content (AvgIpc) is 2.77. The zero-order chi connectivity index (χ0) is 13.1. The van der Waals surface area contributed by atoms with E-state index in [4.69, 9.17) is 4.74 Å². The molecule has 0 spiro atoms. The first kappa shape index (κ1) is 16.0. The Morgan fingerprint density at radius 3 is 2.28 bits per heavy atom. The number of nitrogens with one attached hydrogen (secondary N) is 1. The topological polar surface area (TPSA) is 21.3 Å². The lowest BCUT2D eigenvalue weighted by molar-refractivity contribution is 0.105. The average molecular weight is 255 g/mol. The summed E-state index contributed by atoms with van der Waals surface area (Å²) >= 11 is 0. The van der Waals surface area contributed by atoms with E-state index in [2.05, 4.69) is 19.2 Å². The van der Waals surface area contributed by atoms with Crippen LogP contribution in [0.1, 0.15) is 71.6 Å². The minimum absolute atomic E-state index is 0.469. The summed E-state index contributed by atoms with van der Waals surface area (Å²) in [5.74, 6) is 0.749. The maximum atomic E-state index is 5.57. The van der Waals surface area contributed by atoms with Gasteiger partial charge in [-0.3, -0.25) is 0 Å². The van der Waals surface area contributed by atoms with Crippen molar-refractivity contribution in [2.24, 2.45) is 5.92 Å². The molecular weight excluding hydrogens is 222 g/mol. The molecule has 0 aromatic heterocycles. The van der Waals surface area contributed by atoms with Crippen LogP contribution in [0.5, 0.6) is 0 Å². The third-order valence-corrected chi connectivity index (χ3v) is 4.15. The van der Waals surface area contributed by atoms with Crippen molar-refractivity contribution in [3.63, 3.8) is 0 Å². The van der Waals surface area contributed by atoms with E-state index in [9.17, 15) is 0 Å². The summed E-state index contributed by atoms with van der Waals surface area (Å²) in [5, 5.41) is 3.59. The van der Waals surface area contributed by atoms with Crippen molar-refractivity contribution in [3.05, 3.63) is 0 Å². The van der Waals surface area contributed by atoms with Gasteiger partial charge in [-0.25, -0.2) is 0 Å². The summed E-state index contributed by atoms with van der Waals surface area (Å²) in [5.41, 5.74) is 0. The number of hydrogen-bond donors (Lipinski definition) is 1. The molecule has 0 amide bonds. The number of ether oxygens (including phenoxy) is 1. The second-order valence-electron chi connectivity index (χ2n) is 5.80. The molecule has 2 nitrogen and oxygen atoms in total. The molecule has 0 bridgehead atoms. The van der Waals surface area contributed by atoms with Crippen LogP contribution in [-0.2, 0) is 4.74 Å². The Labute approximate surface area is 114 Å². The van der Waals surface area contributed by atoms with Crippen molar-refractivity contribution >= 4 is 0 Å². The third kappa shape index (κ3) is 7.38. The second kappa shape index (κ2) is 10.8. The molecule has 1 fully saturated rings. The highest BCUT2D eigenvalue weighted by Gasteiger charge is 2.23. The van der Waals surface area contributed by atoms with Crippen molar-refractivity contribution in [3.8, 4) is 0 Å². The van der Waals surface area contributed by atoms with Gasteiger partial charge in [0.1, 0.15) is 0 Å². The number of rotatable bonds is 11. The normalized spacial score (nSPS) is 23.7. The molecule has 108 valence electrons. The van der Waals surface area contributed by atoms with Gasteiger partial charge in [-0.2, -0.15) is 0 Å². The van der Waals surface area contributed by atoms with Gasteiger partial charge in [0, 0.05) is 13.2 Å². The molecule has 0 aromatic rings. The first-order chi connectivity index (χ1) is 8.84. The van der Waals surface area contributed by atoms with Gasteiger partial charge in [-0.05, 0) is 32.2 Å². The van der Waals surface area contributed by atoms with Crippen molar-refractivity contribution in [2.45, 2.75) is 77.7 Å². The van der Waals surface area contributed by atoms with Crippen molar-refractivity contribution < 1.29 is 4.74 Å². The fourth-order valence-electron chi connectivity index (χ4n) is 2.72. The second-order valence-corrected chi connectivity index (χ2v) is 5.80. The fourth-order valence-corrected chi connectivity index (χ4v) is 2.72. The summed E-state index contributed by atoms with van der Waals surface area (Å²) in [6.07, 6.45) is 13.0. The van der Waals surface area contributed by atoms with Gasteiger partial charge >= 0.3 is 0 Å². The van der Waals surface area contributed by atoms with E-state index in [1.165, 1.54) is 64.3 Å². The van der Waals surface area contributed by atoms with E-state index in [1.807, 2.05) is 0 Å². The first-order valence-corrected chi connectivity index (χ1v) is 8.17. The Morgan fingerprint density at radius 1 is 1.00 bits per heavy atom. The van der Waals surface area contributed by atoms with Crippen LogP contribution in [-0.4, -0.2) is 25.8 Å². The SMILES string of the molecule is CCCCCCCCCCNCC1CCOC1C. The quantitative estimate of drug-likeness (QED) is 0.560. The van der Waals surface area contributed by atoms with Crippen LogP contribution in [0.15, 0.2) is 0 Å². The largest absolute Gasteiger partial charge is 0.378 e. The van der Waals surface area contributed by atoms with Gasteiger partial charge in [-0.1, -0.05) is 51.9 Å². The Balaban J connectivity index is 1.76. The molecule has 1 aliphatic rings. The lowest BCUT2D eigenvalue weighted by atomic mass is 10.0. The molecule has 1 saturated heterocycles. The minimum Gasteiger partial charge on any atom is -0.378 e. The van der Waals surface area contributed by atoms with Crippen molar-refractivity contribution in [1.29, 1.82) is 0 Å². The van der Waals surface area contributed by atoms with Crippen LogP contribution in [0.4, 0.5) is 0 Å². The number of hydrogen-bond acceptors (Lipinski definition) is 2. The predicted octanol–water partition coefficient (Wildman–Crippen LogP) is 4.14. The summed E-state index contributed by atoms with van der Waals surface area (Å²) in [7, 11) is 0. The van der Waals surface area contributed by atoms with Gasteiger partial charge in [0.05, 0.1) is 6.10 Å². The van der Waals surface area contributed by atoms with Gasteiger partial charge in [-0.15, -0.1) is 0 Å². The molecule has 0 saturated carbocycles. The number of unbranched alkanes of at least 4 members (excludes halogenated alkanes) is 7. The van der Waals surface area contributed by atoms with Crippen LogP contribution in [0.3, 0.4) is 0 Å². The predicted molar refractivity (Wildman–Crippen MR) is 79.0 cm³/mol. The highest BCUT2D eigenvalue weighted by molar-refractivity contribution is 4.74. The first-order valence-electron chi connectivity index (χ1n) is 8.17. The van der Waals surface area contributed by atoms with Crippen molar-refractivity contribution in [1.82, 2.24) is 5.32 Å². The molecule has 0 aromatic carbocycles. The maximum Gasteiger partial charge on any atom is 0.0588 e. The molecular formula is C16H33NO. The monoisotopic (exact) mass is 255 g/mol. The smallest absolute Gasteiger partial charge is 0.0588 e. The Hall–Kier alpha value is -0.0800. The maximum absolute atomic E-state index is 5.57. The molecule has 2 heteroatoms. The van der Waals surface area contributed by atoms with Crippen LogP contribution < -0.4 is 5.32 Å². The standard InChI is InChI=1S/C16H33NO/c1-3-4-5-6-7-8-9-10-12-17-14-16-11-13-18-15(16)2/h15-17H,3-14H2,1-2H3. The van der Waals surface area contributed by atoms with Gasteiger partial charge < -0.3 is 10.1 Å². The molecule has 0 aliphatic carbocycles. The van der Waals surface area contributed by atoms with Gasteiger partial charge in [0.25, 0.3) is 0 Å². The molecule has 1 heterocycles. The van der Waals surface area contributed by atoms with E-state index in [-0.39, 0.29) is 0 Å². The van der Waals surface area contributed by atoms with Crippen LogP contribution in [0.2, 0.25) is 0 Å². The summed E-state index contributed by atoms with van der Waals surface area (Å²) in [6, 6.07) is 0. The molecule has 2 atom stereocenters. The third-order valence-electron chi connectivity index (χ3n) is 4.15. The zero-order valence-electron chi connectivity index (χ0n) is 12.5. The minimum atomic E-state index is 0.469. The summed E-state index contributed by atoms with van der Waals surface area (Å²) < 4.78 is 5.57. The van der Waals surface area contributed by atoms with E-state index >= 15 is 0 Å². The molecule has 0 radical (unpaired) electrons. The van der Waals surface area contributed by atoms with E-state index < -0.39 is 0 Å².